The minimum absolute atomic E-state index is 0.216. The summed E-state index contributed by atoms with van der Waals surface area (Å²) in [5, 5.41) is 15.4. The summed E-state index contributed by atoms with van der Waals surface area (Å²) in [6.45, 7) is 0.327. The van der Waals surface area contributed by atoms with Gasteiger partial charge in [0.25, 0.3) is 5.91 Å². The van der Waals surface area contributed by atoms with Crippen LogP contribution in [0.15, 0.2) is 41.9 Å². The van der Waals surface area contributed by atoms with Gasteiger partial charge in [-0.15, -0.1) is 11.3 Å². The summed E-state index contributed by atoms with van der Waals surface area (Å²) in [4.78, 5) is 16.3. The molecule has 1 aromatic carbocycles. The van der Waals surface area contributed by atoms with Gasteiger partial charge in [-0.3, -0.25) is 4.79 Å². The molecule has 1 amide bonds. The summed E-state index contributed by atoms with van der Waals surface area (Å²) in [6.07, 6.45) is 1.57. The van der Waals surface area contributed by atoms with Gasteiger partial charge >= 0.3 is 0 Å². The lowest BCUT2D eigenvalue weighted by molar-refractivity contribution is 0.0946. The van der Waals surface area contributed by atoms with Crippen molar-refractivity contribution in [2.24, 2.45) is 0 Å². The fourth-order valence-electron chi connectivity index (χ4n) is 1.66. The maximum Gasteiger partial charge on any atom is 0.271 e. The van der Waals surface area contributed by atoms with Crippen molar-refractivity contribution in [1.29, 1.82) is 0 Å². The van der Waals surface area contributed by atoms with Crippen LogP contribution in [0.2, 0.25) is 0 Å². The number of carbonyl (C=O) groups is 1. The first-order chi connectivity index (χ1) is 9.83. The van der Waals surface area contributed by atoms with Gasteiger partial charge < -0.3 is 5.32 Å². The molecule has 0 spiro atoms. The highest BCUT2D eigenvalue weighted by Crippen LogP contribution is 2.23. The van der Waals surface area contributed by atoms with Crippen LogP contribution in [-0.2, 0) is 6.54 Å². The van der Waals surface area contributed by atoms with Crippen LogP contribution in [0.1, 0.15) is 16.2 Å². The zero-order valence-corrected chi connectivity index (χ0v) is 11.2. The Morgan fingerprint density at radius 1 is 1.30 bits per heavy atom. The van der Waals surface area contributed by atoms with E-state index >= 15 is 0 Å². The maximum absolute atomic E-state index is 12.0. The Labute approximate surface area is 118 Å². The molecule has 0 aliphatic carbocycles. The van der Waals surface area contributed by atoms with Gasteiger partial charge in [-0.05, 0) is 0 Å². The van der Waals surface area contributed by atoms with E-state index in [1.165, 1.54) is 11.3 Å². The molecular formula is C13H11N5OS. The molecule has 0 saturated carbocycles. The van der Waals surface area contributed by atoms with E-state index in [0.29, 0.717) is 17.9 Å². The van der Waals surface area contributed by atoms with E-state index in [4.69, 9.17) is 0 Å². The lowest BCUT2D eigenvalue weighted by atomic mass is 10.2. The first-order valence-corrected chi connectivity index (χ1v) is 6.84. The van der Waals surface area contributed by atoms with Gasteiger partial charge in [0.05, 0.1) is 12.7 Å². The van der Waals surface area contributed by atoms with Crippen LogP contribution < -0.4 is 5.32 Å². The lowest BCUT2D eigenvalue weighted by Crippen LogP contribution is -2.23. The molecule has 0 radical (unpaired) electrons. The van der Waals surface area contributed by atoms with Crippen molar-refractivity contribution < 1.29 is 4.79 Å². The average molecular weight is 285 g/mol. The van der Waals surface area contributed by atoms with Crippen LogP contribution in [0.3, 0.4) is 0 Å². The van der Waals surface area contributed by atoms with Gasteiger partial charge in [-0.25, -0.2) is 4.98 Å². The second-order valence-electron chi connectivity index (χ2n) is 4.05. The van der Waals surface area contributed by atoms with Crippen molar-refractivity contribution in [2.45, 2.75) is 6.54 Å². The monoisotopic (exact) mass is 285 g/mol. The van der Waals surface area contributed by atoms with Crippen LogP contribution in [0, 0.1) is 0 Å². The number of aromatic nitrogens is 4. The molecule has 2 heterocycles. The molecule has 2 aromatic heterocycles. The molecule has 3 rings (SSSR count). The van der Waals surface area contributed by atoms with Crippen LogP contribution in [0.5, 0.6) is 0 Å². The predicted octanol–water partition coefficient (Wildman–Crippen LogP) is 1.86. The zero-order valence-electron chi connectivity index (χ0n) is 10.4. The molecule has 0 unspecified atom stereocenters. The highest BCUT2D eigenvalue weighted by molar-refractivity contribution is 7.13. The van der Waals surface area contributed by atoms with Crippen molar-refractivity contribution in [3.8, 4) is 10.6 Å². The number of rotatable bonds is 4. The molecule has 7 heteroatoms. The number of nitrogens with one attached hydrogen (secondary N) is 2. The van der Waals surface area contributed by atoms with E-state index in [9.17, 15) is 4.79 Å². The fraction of sp³-hybridized carbons (Fsp3) is 0.0769. The Balaban J connectivity index is 1.69. The summed E-state index contributed by atoms with van der Waals surface area (Å²) in [7, 11) is 0. The molecule has 0 atom stereocenters. The number of hydrogen-bond donors (Lipinski definition) is 2. The molecule has 0 aliphatic rings. The number of H-pyrrole nitrogens is 1. The van der Waals surface area contributed by atoms with Gasteiger partial charge in [-0.1, -0.05) is 30.3 Å². The van der Waals surface area contributed by atoms with E-state index < -0.39 is 0 Å². The Kier molecular flexibility index (Phi) is 3.51. The summed E-state index contributed by atoms with van der Waals surface area (Å²) < 4.78 is 0. The second kappa shape index (κ2) is 5.62. The van der Waals surface area contributed by atoms with Gasteiger partial charge in [0.2, 0.25) is 0 Å². The van der Waals surface area contributed by atoms with Crippen LogP contribution in [0.25, 0.3) is 10.6 Å². The van der Waals surface area contributed by atoms with Crippen LogP contribution >= 0.6 is 11.3 Å². The highest BCUT2D eigenvalue weighted by Gasteiger charge is 2.11. The van der Waals surface area contributed by atoms with Gasteiger partial charge in [0, 0.05) is 10.9 Å². The van der Waals surface area contributed by atoms with Crippen molar-refractivity contribution in [2.75, 3.05) is 0 Å². The zero-order chi connectivity index (χ0) is 13.8. The van der Waals surface area contributed by atoms with Crippen molar-refractivity contribution in [1.82, 2.24) is 25.7 Å². The molecule has 0 fully saturated rings. The highest BCUT2D eigenvalue weighted by atomic mass is 32.1. The number of thiazole rings is 1. The number of aromatic amines is 1. The molecule has 2 N–H and O–H groups in total. The SMILES string of the molecule is O=C(NCc1cn[nH]n1)c1csc(-c2ccccc2)n1. The maximum atomic E-state index is 12.0. The van der Waals surface area contributed by atoms with Gasteiger partial charge in [0.1, 0.15) is 16.4 Å². The van der Waals surface area contributed by atoms with E-state index in [2.05, 4.69) is 25.7 Å². The third kappa shape index (κ3) is 2.72. The van der Waals surface area contributed by atoms with Crippen LogP contribution in [-0.4, -0.2) is 26.3 Å². The smallest absolute Gasteiger partial charge is 0.271 e. The first-order valence-electron chi connectivity index (χ1n) is 5.97. The molecular weight excluding hydrogens is 274 g/mol. The number of carbonyl (C=O) groups excluding carboxylic acids is 1. The number of amides is 1. The Morgan fingerprint density at radius 2 is 2.15 bits per heavy atom. The second-order valence-corrected chi connectivity index (χ2v) is 4.91. The van der Waals surface area contributed by atoms with E-state index in [-0.39, 0.29) is 5.91 Å². The van der Waals surface area contributed by atoms with Gasteiger partial charge in [-0.2, -0.15) is 15.4 Å². The number of nitrogens with zero attached hydrogens (tertiary/aromatic N) is 3. The summed E-state index contributed by atoms with van der Waals surface area (Å²) in [5.74, 6) is -0.216. The lowest BCUT2D eigenvalue weighted by Gasteiger charge is -1.99. The number of hydrogen-bond acceptors (Lipinski definition) is 5. The van der Waals surface area contributed by atoms with Gasteiger partial charge in [0.15, 0.2) is 0 Å². The average Bonchev–Trinajstić information content (AvgIpc) is 3.17. The first kappa shape index (κ1) is 12.5. The minimum Gasteiger partial charge on any atom is -0.345 e. The van der Waals surface area contributed by atoms with E-state index in [1.54, 1.807) is 11.6 Å². The standard InChI is InChI=1S/C13H11N5OS/c19-12(14-6-10-7-15-18-17-10)11-8-20-13(16-11)9-4-2-1-3-5-9/h1-5,7-8H,6H2,(H,14,19)(H,15,17,18). The summed E-state index contributed by atoms with van der Waals surface area (Å²) >= 11 is 1.45. The quantitative estimate of drug-likeness (QED) is 0.766. The predicted molar refractivity (Wildman–Crippen MR) is 75.1 cm³/mol. The molecule has 6 nitrogen and oxygen atoms in total. The molecule has 20 heavy (non-hydrogen) atoms. The van der Waals surface area contributed by atoms with E-state index in [1.807, 2.05) is 30.3 Å². The van der Waals surface area contributed by atoms with Crippen LogP contribution in [0.4, 0.5) is 0 Å². The van der Waals surface area contributed by atoms with E-state index in [0.717, 1.165) is 10.6 Å². The molecule has 3 aromatic rings. The van der Waals surface area contributed by atoms with Crippen molar-refractivity contribution in [3.63, 3.8) is 0 Å². The molecule has 0 saturated heterocycles. The number of benzene rings is 1. The summed E-state index contributed by atoms with van der Waals surface area (Å²) in [5.41, 5.74) is 2.10. The fourth-order valence-corrected chi connectivity index (χ4v) is 2.47. The topological polar surface area (TPSA) is 83.6 Å². The third-order valence-electron chi connectivity index (χ3n) is 2.65. The summed E-state index contributed by atoms with van der Waals surface area (Å²) in [6, 6.07) is 9.77. The third-order valence-corrected chi connectivity index (χ3v) is 3.54. The normalized spacial score (nSPS) is 10.4. The Morgan fingerprint density at radius 3 is 2.90 bits per heavy atom. The Hall–Kier alpha value is -2.54. The van der Waals surface area contributed by atoms with Crippen molar-refractivity contribution in [3.05, 3.63) is 53.3 Å². The molecule has 0 bridgehead atoms. The minimum atomic E-state index is -0.216. The largest absolute Gasteiger partial charge is 0.345 e. The molecule has 0 aliphatic heterocycles. The van der Waals surface area contributed by atoms with Crippen molar-refractivity contribution >= 4 is 17.2 Å². The Bertz CT molecular complexity index is 693. The molecule has 100 valence electrons.